The lowest BCUT2D eigenvalue weighted by molar-refractivity contribution is -0.274. The molecule has 0 amide bonds. The van der Waals surface area contributed by atoms with Crippen molar-refractivity contribution in [2.75, 3.05) is 5.32 Å². The van der Waals surface area contributed by atoms with Gasteiger partial charge in [-0.3, -0.25) is 0 Å². The molecule has 0 spiro atoms. The number of pyridine rings is 1. The van der Waals surface area contributed by atoms with Gasteiger partial charge in [0.05, 0.1) is 6.54 Å². The number of aromatic nitrogens is 1. The molecule has 0 radical (unpaired) electrons. The number of halogens is 3. The average Bonchev–Trinajstić information content (AvgIpc) is 2.53. The number of hydrogen-bond donors (Lipinski definition) is 2. The molecule has 0 atom stereocenters. The van der Waals surface area contributed by atoms with E-state index in [4.69, 9.17) is 10.5 Å². The summed E-state index contributed by atoms with van der Waals surface area (Å²) in [5.41, 5.74) is 6.77. The Kier molecular flexibility index (Phi) is 6.14. The molecule has 1 aromatic carbocycles. The number of alkyl halides is 3. The third kappa shape index (κ3) is 7.85. The fourth-order valence-corrected chi connectivity index (χ4v) is 1.98. The van der Waals surface area contributed by atoms with Gasteiger partial charge in [-0.15, -0.1) is 13.2 Å². The fourth-order valence-electron chi connectivity index (χ4n) is 1.98. The molecule has 2 rings (SSSR count). The van der Waals surface area contributed by atoms with Gasteiger partial charge in [-0.25, -0.2) is 9.98 Å². The molecule has 27 heavy (non-hydrogen) atoms. The predicted octanol–water partition coefficient (Wildman–Crippen LogP) is 4.08. The molecule has 146 valence electrons. The minimum Gasteiger partial charge on any atom is -0.472 e. The minimum absolute atomic E-state index is 0.120. The van der Waals surface area contributed by atoms with Crippen molar-refractivity contribution in [1.29, 1.82) is 0 Å². The van der Waals surface area contributed by atoms with Crippen molar-refractivity contribution in [2.45, 2.75) is 39.3 Å². The smallest absolute Gasteiger partial charge is 0.472 e. The third-order valence-electron chi connectivity index (χ3n) is 3.00. The molecule has 0 aliphatic heterocycles. The summed E-state index contributed by atoms with van der Waals surface area (Å²) in [4.78, 5) is 8.37. The lowest BCUT2D eigenvalue weighted by Gasteiger charge is -2.20. The molecule has 0 aliphatic rings. The van der Waals surface area contributed by atoms with Crippen molar-refractivity contribution in [3.63, 3.8) is 0 Å². The minimum atomic E-state index is -4.73. The Bertz CT molecular complexity index is 767. The van der Waals surface area contributed by atoms with Gasteiger partial charge in [-0.2, -0.15) is 0 Å². The second kappa shape index (κ2) is 8.15. The van der Waals surface area contributed by atoms with E-state index in [2.05, 4.69) is 20.0 Å². The Morgan fingerprint density at radius 1 is 1.07 bits per heavy atom. The molecule has 0 unspecified atom stereocenters. The SMILES string of the molecule is CC(C)(C)Oc1ccc(CN=C(N)Nc2ccc(OC(F)(F)F)cc2)cn1. The molecule has 2 aromatic rings. The molecule has 0 aliphatic carbocycles. The summed E-state index contributed by atoms with van der Waals surface area (Å²) >= 11 is 0. The van der Waals surface area contributed by atoms with Crippen molar-refractivity contribution < 1.29 is 22.6 Å². The highest BCUT2D eigenvalue weighted by Crippen LogP contribution is 2.23. The Morgan fingerprint density at radius 3 is 2.26 bits per heavy atom. The van der Waals surface area contributed by atoms with E-state index in [-0.39, 0.29) is 23.9 Å². The van der Waals surface area contributed by atoms with E-state index in [9.17, 15) is 13.2 Å². The molecule has 9 heteroatoms. The first-order valence-electron chi connectivity index (χ1n) is 8.07. The molecule has 0 saturated carbocycles. The van der Waals surface area contributed by atoms with Gasteiger partial charge in [0.1, 0.15) is 11.4 Å². The normalized spacial score (nSPS) is 12.6. The summed E-state index contributed by atoms with van der Waals surface area (Å²) in [5, 5.41) is 2.79. The molecule has 1 heterocycles. The first-order valence-corrected chi connectivity index (χ1v) is 8.07. The third-order valence-corrected chi connectivity index (χ3v) is 3.00. The summed E-state index contributed by atoms with van der Waals surface area (Å²) in [5.74, 6) is 0.323. The van der Waals surface area contributed by atoms with Gasteiger partial charge in [-0.1, -0.05) is 6.07 Å². The summed E-state index contributed by atoms with van der Waals surface area (Å²) in [6, 6.07) is 8.75. The van der Waals surface area contributed by atoms with Crippen LogP contribution in [-0.4, -0.2) is 22.9 Å². The van der Waals surface area contributed by atoms with Crippen LogP contribution < -0.4 is 20.5 Å². The predicted molar refractivity (Wildman–Crippen MR) is 96.7 cm³/mol. The Balaban J connectivity index is 1.90. The Hall–Kier alpha value is -2.97. The second-order valence-electron chi connectivity index (χ2n) is 6.62. The number of hydrogen-bond acceptors (Lipinski definition) is 4. The van der Waals surface area contributed by atoms with Crippen molar-refractivity contribution in [2.24, 2.45) is 10.7 Å². The van der Waals surface area contributed by atoms with E-state index in [1.807, 2.05) is 26.8 Å². The standard InChI is InChI=1S/C18H21F3N4O2/c1-17(2,3)27-15-9-4-12(10-23-15)11-24-16(22)25-13-5-7-14(8-6-13)26-18(19,20)21/h4-10H,11H2,1-3H3,(H3,22,24,25). The van der Waals surface area contributed by atoms with Gasteiger partial charge in [0.2, 0.25) is 5.88 Å². The molecule has 1 aromatic heterocycles. The van der Waals surface area contributed by atoms with Crippen LogP contribution in [0.3, 0.4) is 0 Å². The van der Waals surface area contributed by atoms with E-state index in [0.29, 0.717) is 11.6 Å². The van der Waals surface area contributed by atoms with E-state index in [1.165, 1.54) is 24.3 Å². The van der Waals surface area contributed by atoms with E-state index < -0.39 is 6.36 Å². The molecular weight excluding hydrogens is 361 g/mol. The highest BCUT2D eigenvalue weighted by atomic mass is 19.4. The fraction of sp³-hybridized carbons (Fsp3) is 0.333. The number of guanidine groups is 1. The lowest BCUT2D eigenvalue weighted by Crippen LogP contribution is -2.23. The van der Waals surface area contributed by atoms with Crippen molar-refractivity contribution >= 4 is 11.6 Å². The first-order chi connectivity index (χ1) is 12.5. The van der Waals surface area contributed by atoms with Crippen molar-refractivity contribution in [1.82, 2.24) is 4.98 Å². The quantitative estimate of drug-likeness (QED) is 0.601. The highest BCUT2D eigenvalue weighted by molar-refractivity contribution is 5.92. The first kappa shape index (κ1) is 20.3. The van der Waals surface area contributed by atoms with Gasteiger partial charge in [0.15, 0.2) is 5.96 Å². The van der Waals surface area contributed by atoms with Gasteiger partial charge in [0.25, 0.3) is 0 Å². The number of nitrogens with zero attached hydrogens (tertiary/aromatic N) is 2. The zero-order valence-corrected chi connectivity index (χ0v) is 15.2. The number of ether oxygens (including phenoxy) is 2. The van der Waals surface area contributed by atoms with Crippen LogP contribution in [0.25, 0.3) is 0 Å². The second-order valence-corrected chi connectivity index (χ2v) is 6.62. The molecular formula is C18H21F3N4O2. The highest BCUT2D eigenvalue weighted by Gasteiger charge is 2.30. The van der Waals surface area contributed by atoms with Crippen LogP contribution in [0.4, 0.5) is 18.9 Å². The summed E-state index contributed by atoms with van der Waals surface area (Å²) in [6.07, 6.45) is -3.09. The molecule has 0 saturated heterocycles. The van der Waals surface area contributed by atoms with Gasteiger partial charge in [-0.05, 0) is 50.6 Å². The summed E-state index contributed by atoms with van der Waals surface area (Å²) in [6.45, 7) is 6.08. The number of rotatable bonds is 5. The summed E-state index contributed by atoms with van der Waals surface area (Å²) in [7, 11) is 0. The van der Waals surface area contributed by atoms with Crippen LogP contribution in [0.5, 0.6) is 11.6 Å². The molecule has 0 fully saturated rings. The zero-order valence-electron chi connectivity index (χ0n) is 15.2. The number of nitrogens with two attached hydrogens (primary N) is 1. The van der Waals surface area contributed by atoms with Gasteiger partial charge in [0, 0.05) is 18.0 Å². The van der Waals surface area contributed by atoms with Crippen LogP contribution in [0.2, 0.25) is 0 Å². The van der Waals surface area contributed by atoms with Gasteiger partial charge < -0.3 is 20.5 Å². The van der Waals surface area contributed by atoms with E-state index in [1.54, 1.807) is 12.3 Å². The number of benzene rings is 1. The van der Waals surface area contributed by atoms with Gasteiger partial charge >= 0.3 is 6.36 Å². The zero-order chi connectivity index (χ0) is 20.1. The van der Waals surface area contributed by atoms with Crippen molar-refractivity contribution in [3.8, 4) is 11.6 Å². The number of nitrogens with one attached hydrogen (secondary N) is 1. The van der Waals surface area contributed by atoms with Crippen LogP contribution >= 0.6 is 0 Å². The van der Waals surface area contributed by atoms with Crippen molar-refractivity contribution in [3.05, 3.63) is 48.2 Å². The molecule has 3 N–H and O–H groups in total. The number of aliphatic imine (C=N–C) groups is 1. The maximum Gasteiger partial charge on any atom is 0.573 e. The maximum atomic E-state index is 12.1. The topological polar surface area (TPSA) is 81.8 Å². The maximum absolute atomic E-state index is 12.1. The van der Waals surface area contributed by atoms with Crippen LogP contribution in [0.15, 0.2) is 47.6 Å². The number of anilines is 1. The largest absolute Gasteiger partial charge is 0.573 e. The lowest BCUT2D eigenvalue weighted by atomic mass is 10.2. The Labute approximate surface area is 155 Å². The average molecular weight is 382 g/mol. The molecule has 0 bridgehead atoms. The summed E-state index contributed by atoms with van der Waals surface area (Å²) < 4.78 is 45.8. The van der Waals surface area contributed by atoms with Crippen LogP contribution in [0, 0.1) is 0 Å². The van der Waals surface area contributed by atoms with Crippen LogP contribution in [-0.2, 0) is 6.54 Å². The molecule has 6 nitrogen and oxygen atoms in total. The Morgan fingerprint density at radius 2 is 1.74 bits per heavy atom. The van der Waals surface area contributed by atoms with E-state index >= 15 is 0 Å². The van der Waals surface area contributed by atoms with E-state index in [0.717, 1.165) is 5.56 Å². The van der Waals surface area contributed by atoms with Crippen LogP contribution in [0.1, 0.15) is 26.3 Å². The monoisotopic (exact) mass is 382 g/mol.